The molecule has 1 aliphatic heterocycles. The van der Waals surface area contributed by atoms with Crippen molar-refractivity contribution < 1.29 is 9.59 Å². The highest BCUT2D eigenvalue weighted by molar-refractivity contribution is 6.05. The molecule has 118 valence electrons. The van der Waals surface area contributed by atoms with E-state index in [2.05, 4.69) is 10.6 Å². The van der Waals surface area contributed by atoms with E-state index in [4.69, 9.17) is 0 Å². The molecule has 0 radical (unpaired) electrons. The van der Waals surface area contributed by atoms with E-state index in [1.807, 2.05) is 62.4 Å². The van der Waals surface area contributed by atoms with Crippen molar-refractivity contribution >= 4 is 17.5 Å². The van der Waals surface area contributed by atoms with Crippen LogP contribution in [0.4, 0.5) is 5.69 Å². The number of carbonyl (C=O) groups is 2. The molecule has 0 saturated heterocycles. The van der Waals surface area contributed by atoms with Gasteiger partial charge in [-0.2, -0.15) is 0 Å². The Labute approximate surface area is 135 Å². The van der Waals surface area contributed by atoms with Crippen LogP contribution in [0, 0.1) is 0 Å². The summed E-state index contributed by atoms with van der Waals surface area (Å²) in [6.07, 6.45) is 0.310. The zero-order valence-electron chi connectivity index (χ0n) is 13.3. The minimum absolute atomic E-state index is 0.00169. The van der Waals surface area contributed by atoms with Gasteiger partial charge in [-0.25, -0.2) is 0 Å². The smallest absolute Gasteiger partial charge is 0.234 e. The lowest BCUT2D eigenvalue weighted by atomic mass is 9.85. The predicted molar refractivity (Wildman–Crippen MR) is 90.1 cm³/mol. The van der Waals surface area contributed by atoms with E-state index in [0.29, 0.717) is 13.0 Å². The molecule has 2 aromatic carbocycles. The molecule has 4 heteroatoms. The summed E-state index contributed by atoms with van der Waals surface area (Å²) in [5.41, 5.74) is 3.24. The lowest BCUT2D eigenvalue weighted by molar-refractivity contribution is -0.121. The van der Waals surface area contributed by atoms with E-state index >= 15 is 0 Å². The largest absolute Gasteiger partial charge is 0.352 e. The number of amides is 2. The van der Waals surface area contributed by atoms with Crippen LogP contribution in [0.1, 0.15) is 30.5 Å². The van der Waals surface area contributed by atoms with Crippen LogP contribution in [0.2, 0.25) is 0 Å². The molecule has 0 spiro atoms. The van der Waals surface area contributed by atoms with Crippen LogP contribution in [0.5, 0.6) is 0 Å². The SMILES string of the molecule is CC1(C)C(=O)Nc2ccc(CC(=O)NCc3ccccc3)cc21. The molecule has 0 atom stereocenters. The molecule has 2 amide bonds. The molecular formula is C19H20N2O2. The van der Waals surface area contributed by atoms with Gasteiger partial charge in [0.1, 0.15) is 0 Å². The van der Waals surface area contributed by atoms with Crippen LogP contribution in [0.25, 0.3) is 0 Å². The Morgan fingerprint density at radius 1 is 1.09 bits per heavy atom. The zero-order chi connectivity index (χ0) is 16.4. The summed E-state index contributed by atoms with van der Waals surface area (Å²) < 4.78 is 0. The first-order valence-electron chi connectivity index (χ1n) is 7.72. The fourth-order valence-corrected chi connectivity index (χ4v) is 2.77. The second-order valence-electron chi connectivity index (χ2n) is 6.40. The van der Waals surface area contributed by atoms with Crippen LogP contribution >= 0.6 is 0 Å². The van der Waals surface area contributed by atoms with Crippen LogP contribution in [0.15, 0.2) is 48.5 Å². The highest BCUT2D eigenvalue weighted by Crippen LogP contribution is 2.37. The minimum Gasteiger partial charge on any atom is -0.352 e. The highest BCUT2D eigenvalue weighted by Gasteiger charge is 2.38. The van der Waals surface area contributed by atoms with Gasteiger partial charge in [0.2, 0.25) is 11.8 Å². The average Bonchev–Trinajstić information content (AvgIpc) is 2.76. The van der Waals surface area contributed by atoms with Gasteiger partial charge in [-0.1, -0.05) is 42.5 Å². The van der Waals surface area contributed by atoms with Crippen molar-refractivity contribution in [1.82, 2.24) is 5.32 Å². The molecule has 1 aliphatic rings. The molecule has 4 nitrogen and oxygen atoms in total. The van der Waals surface area contributed by atoms with Crippen molar-refractivity contribution in [2.24, 2.45) is 0 Å². The monoisotopic (exact) mass is 308 g/mol. The molecule has 0 fully saturated rings. The van der Waals surface area contributed by atoms with E-state index < -0.39 is 5.41 Å². The van der Waals surface area contributed by atoms with Gasteiger partial charge >= 0.3 is 0 Å². The topological polar surface area (TPSA) is 58.2 Å². The van der Waals surface area contributed by atoms with Crippen molar-refractivity contribution in [1.29, 1.82) is 0 Å². The molecule has 2 N–H and O–H groups in total. The molecule has 0 aromatic heterocycles. The van der Waals surface area contributed by atoms with E-state index in [1.165, 1.54) is 0 Å². The maximum absolute atomic E-state index is 12.1. The number of rotatable bonds is 4. The third kappa shape index (κ3) is 3.11. The number of carbonyl (C=O) groups excluding carboxylic acids is 2. The quantitative estimate of drug-likeness (QED) is 0.912. The maximum Gasteiger partial charge on any atom is 0.234 e. The van der Waals surface area contributed by atoms with Crippen molar-refractivity contribution in [2.75, 3.05) is 5.32 Å². The first-order valence-corrected chi connectivity index (χ1v) is 7.72. The average molecular weight is 308 g/mol. The van der Waals surface area contributed by atoms with Crippen LogP contribution in [-0.4, -0.2) is 11.8 Å². The van der Waals surface area contributed by atoms with Gasteiger partial charge in [0.25, 0.3) is 0 Å². The summed E-state index contributed by atoms with van der Waals surface area (Å²) in [5, 5.41) is 5.80. The first kappa shape index (κ1) is 15.3. The van der Waals surface area contributed by atoms with E-state index in [-0.39, 0.29) is 11.8 Å². The zero-order valence-corrected chi connectivity index (χ0v) is 13.3. The summed E-state index contributed by atoms with van der Waals surface area (Å²) in [4.78, 5) is 24.1. The molecule has 23 heavy (non-hydrogen) atoms. The third-order valence-electron chi connectivity index (χ3n) is 4.27. The Hall–Kier alpha value is -2.62. The summed E-state index contributed by atoms with van der Waals surface area (Å²) in [5.74, 6) is -0.0259. The fourth-order valence-electron chi connectivity index (χ4n) is 2.77. The Morgan fingerprint density at radius 2 is 1.83 bits per heavy atom. The van der Waals surface area contributed by atoms with Gasteiger partial charge < -0.3 is 10.6 Å². The van der Waals surface area contributed by atoms with Crippen molar-refractivity contribution in [3.05, 3.63) is 65.2 Å². The summed E-state index contributed by atoms with van der Waals surface area (Å²) >= 11 is 0. The Balaban J connectivity index is 1.66. The van der Waals surface area contributed by atoms with Gasteiger partial charge in [-0.3, -0.25) is 9.59 Å². The summed E-state index contributed by atoms with van der Waals surface area (Å²) in [7, 11) is 0. The molecule has 3 rings (SSSR count). The Bertz CT molecular complexity index is 751. The van der Waals surface area contributed by atoms with Gasteiger partial charge in [-0.05, 0) is 36.6 Å². The Kier molecular flexibility index (Phi) is 3.90. The second kappa shape index (κ2) is 5.88. The van der Waals surface area contributed by atoms with Crippen molar-refractivity contribution in [3.63, 3.8) is 0 Å². The van der Waals surface area contributed by atoms with Crippen LogP contribution in [0.3, 0.4) is 0 Å². The molecule has 2 aromatic rings. The van der Waals surface area contributed by atoms with E-state index in [9.17, 15) is 9.59 Å². The molecule has 0 aliphatic carbocycles. The summed E-state index contributed by atoms with van der Waals surface area (Å²) in [6, 6.07) is 15.5. The lowest BCUT2D eigenvalue weighted by Crippen LogP contribution is -2.27. The normalized spacial score (nSPS) is 15.0. The number of hydrogen-bond acceptors (Lipinski definition) is 2. The van der Waals surface area contributed by atoms with Gasteiger partial charge in [0.15, 0.2) is 0 Å². The molecule has 1 heterocycles. The van der Waals surface area contributed by atoms with Crippen LogP contribution in [-0.2, 0) is 28.0 Å². The molecule has 0 bridgehead atoms. The van der Waals surface area contributed by atoms with Crippen molar-refractivity contribution in [3.8, 4) is 0 Å². The Morgan fingerprint density at radius 3 is 2.57 bits per heavy atom. The first-order chi connectivity index (χ1) is 11.0. The molecule has 0 unspecified atom stereocenters. The van der Waals surface area contributed by atoms with Gasteiger partial charge in [-0.15, -0.1) is 0 Å². The number of nitrogens with one attached hydrogen (secondary N) is 2. The fraction of sp³-hybridized carbons (Fsp3) is 0.263. The predicted octanol–water partition coefficient (Wildman–Crippen LogP) is 2.78. The minimum atomic E-state index is -0.550. The van der Waals surface area contributed by atoms with E-state index in [1.54, 1.807) is 0 Å². The number of benzene rings is 2. The van der Waals surface area contributed by atoms with Gasteiger partial charge in [0.05, 0.1) is 11.8 Å². The number of anilines is 1. The summed E-state index contributed by atoms with van der Waals surface area (Å²) in [6.45, 7) is 4.32. The van der Waals surface area contributed by atoms with Crippen molar-refractivity contribution in [2.45, 2.75) is 32.2 Å². The van der Waals surface area contributed by atoms with Gasteiger partial charge in [0, 0.05) is 12.2 Å². The van der Waals surface area contributed by atoms with Crippen LogP contribution < -0.4 is 10.6 Å². The molecule has 0 saturated carbocycles. The lowest BCUT2D eigenvalue weighted by Gasteiger charge is -2.15. The number of fused-ring (bicyclic) bond motifs is 1. The highest BCUT2D eigenvalue weighted by atomic mass is 16.2. The van der Waals surface area contributed by atoms with E-state index in [0.717, 1.165) is 22.4 Å². The third-order valence-corrected chi connectivity index (χ3v) is 4.27. The number of hydrogen-bond donors (Lipinski definition) is 2. The molecular weight excluding hydrogens is 288 g/mol. The maximum atomic E-state index is 12.1. The standard InChI is InChI=1S/C19H20N2O2/c1-19(2)15-10-14(8-9-16(15)21-18(19)23)11-17(22)20-12-13-6-4-3-5-7-13/h3-10H,11-12H2,1-2H3,(H,20,22)(H,21,23). The second-order valence-corrected chi connectivity index (χ2v) is 6.40.